The molecule has 1 aromatic rings. The summed E-state index contributed by atoms with van der Waals surface area (Å²) in [6.07, 6.45) is 4.98. The van der Waals surface area contributed by atoms with Gasteiger partial charge in [0.1, 0.15) is 0 Å². The van der Waals surface area contributed by atoms with Crippen LogP contribution >= 0.6 is 11.6 Å². The Morgan fingerprint density at radius 3 is 2.78 bits per heavy atom. The van der Waals surface area contributed by atoms with Crippen molar-refractivity contribution < 1.29 is 4.74 Å². The Bertz CT molecular complexity index is 440. The molecule has 2 heteroatoms. The number of hydrogen-bond donors (Lipinski definition) is 0. The van der Waals surface area contributed by atoms with Crippen molar-refractivity contribution in [2.24, 2.45) is 5.92 Å². The fourth-order valence-corrected chi connectivity index (χ4v) is 3.82. The van der Waals surface area contributed by atoms with E-state index in [0.29, 0.717) is 12.0 Å². The topological polar surface area (TPSA) is 9.23 Å². The van der Waals surface area contributed by atoms with Crippen LogP contribution in [0.4, 0.5) is 0 Å². The summed E-state index contributed by atoms with van der Waals surface area (Å²) in [7, 11) is 0. The fourth-order valence-electron chi connectivity index (χ4n) is 3.41. The highest BCUT2D eigenvalue weighted by Crippen LogP contribution is 2.45. The molecule has 1 saturated heterocycles. The minimum atomic E-state index is 0.0674. The van der Waals surface area contributed by atoms with Crippen molar-refractivity contribution in [3.63, 3.8) is 0 Å². The quantitative estimate of drug-likeness (QED) is 0.716. The Hall–Kier alpha value is -0.530. The van der Waals surface area contributed by atoms with E-state index in [1.165, 1.54) is 24.0 Å². The summed E-state index contributed by atoms with van der Waals surface area (Å²) in [5, 5.41) is 0.175. The van der Waals surface area contributed by atoms with E-state index in [1.807, 2.05) is 0 Å². The van der Waals surface area contributed by atoms with Gasteiger partial charge in [-0.3, -0.25) is 0 Å². The second-order valence-electron chi connectivity index (χ2n) is 6.34. The molecular formula is C16H21ClO. The third-order valence-corrected chi connectivity index (χ3v) is 4.96. The summed E-state index contributed by atoms with van der Waals surface area (Å²) in [5.74, 6) is 0.544. The maximum Gasteiger partial charge on any atom is 0.0631 e. The van der Waals surface area contributed by atoms with Gasteiger partial charge in [-0.05, 0) is 56.6 Å². The van der Waals surface area contributed by atoms with E-state index >= 15 is 0 Å². The lowest BCUT2D eigenvalue weighted by Crippen LogP contribution is -2.22. The molecule has 3 atom stereocenters. The molecule has 0 radical (unpaired) electrons. The Balaban J connectivity index is 1.67. The van der Waals surface area contributed by atoms with Crippen molar-refractivity contribution in [3.8, 4) is 0 Å². The molecule has 2 aliphatic rings. The zero-order chi connectivity index (χ0) is 12.8. The highest BCUT2D eigenvalue weighted by Gasteiger charge is 2.37. The van der Waals surface area contributed by atoms with E-state index in [0.717, 1.165) is 12.8 Å². The van der Waals surface area contributed by atoms with E-state index < -0.39 is 0 Å². The fraction of sp³-hybridized carbons (Fsp3) is 0.625. The molecular weight excluding hydrogens is 244 g/mol. The summed E-state index contributed by atoms with van der Waals surface area (Å²) in [6.45, 7) is 4.38. The first-order chi connectivity index (χ1) is 8.55. The van der Waals surface area contributed by atoms with Gasteiger partial charge in [0.25, 0.3) is 0 Å². The van der Waals surface area contributed by atoms with Gasteiger partial charge in [0.2, 0.25) is 0 Å². The van der Waals surface area contributed by atoms with Crippen molar-refractivity contribution in [2.75, 3.05) is 0 Å². The largest absolute Gasteiger partial charge is 0.372 e. The standard InChI is InChI=1S/C16H21ClO/c1-16(2)8-7-13(18-16)10-12-9-11-5-3-4-6-14(11)15(12)17/h3-6,12-13,15H,7-10H2,1-2H3. The number of benzene rings is 1. The minimum absolute atomic E-state index is 0.0674. The predicted octanol–water partition coefficient (Wildman–Crippen LogP) is 4.49. The normalized spacial score (nSPS) is 33.6. The third-order valence-electron chi connectivity index (χ3n) is 4.37. The molecule has 3 rings (SSSR count). The van der Waals surface area contributed by atoms with E-state index in [-0.39, 0.29) is 11.0 Å². The van der Waals surface area contributed by atoms with Gasteiger partial charge >= 0.3 is 0 Å². The number of ether oxygens (including phenoxy) is 1. The van der Waals surface area contributed by atoms with E-state index in [1.54, 1.807) is 0 Å². The Morgan fingerprint density at radius 1 is 1.33 bits per heavy atom. The zero-order valence-electron chi connectivity index (χ0n) is 11.2. The molecule has 1 aliphatic carbocycles. The van der Waals surface area contributed by atoms with Crippen LogP contribution in [0.5, 0.6) is 0 Å². The Kier molecular flexibility index (Phi) is 3.15. The Morgan fingerprint density at radius 2 is 2.11 bits per heavy atom. The van der Waals surface area contributed by atoms with Crippen LogP contribution in [-0.4, -0.2) is 11.7 Å². The van der Waals surface area contributed by atoms with Gasteiger partial charge in [-0.1, -0.05) is 24.3 Å². The molecule has 1 aromatic carbocycles. The first-order valence-corrected chi connectivity index (χ1v) is 7.38. The third kappa shape index (κ3) is 2.31. The molecule has 0 spiro atoms. The predicted molar refractivity (Wildman–Crippen MR) is 75.0 cm³/mol. The Labute approximate surface area is 114 Å². The average Bonchev–Trinajstić information content (AvgIpc) is 2.82. The van der Waals surface area contributed by atoms with Crippen molar-refractivity contribution in [1.29, 1.82) is 0 Å². The summed E-state index contributed by atoms with van der Waals surface area (Å²) in [6, 6.07) is 8.59. The maximum atomic E-state index is 6.60. The van der Waals surface area contributed by atoms with Crippen molar-refractivity contribution >= 4 is 11.6 Å². The molecule has 0 aromatic heterocycles. The highest BCUT2D eigenvalue weighted by molar-refractivity contribution is 6.21. The number of alkyl halides is 1. The van der Waals surface area contributed by atoms with Crippen LogP contribution in [0, 0.1) is 5.92 Å². The van der Waals surface area contributed by atoms with Crippen LogP contribution in [0.25, 0.3) is 0 Å². The SMILES string of the molecule is CC1(C)CCC(CC2Cc3ccccc3C2Cl)O1. The molecule has 98 valence electrons. The summed E-state index contributed by atoms with van der Waals surface area (Å²) in [4.78, 5) is 0. The van der Waals surface area contributed by atoms with Crippen molar-refractivity contribution in [2.45, 2.75) is 56.6 Å². The monoisotopic (exact) mass is 264 g/mol. The highest BCUT2D eigenvalue weighted by atomic mass is 35.5. The summed E-state index contributed by atoms with van der Waals surface area (Å²) >= 11 is 6.60. The maximum absolute atomic E-state index is 6.60. The first kappa shape index (κ1) is 12.5. The lowest BCUT2D eigenvalue weighted by molar-refractivity contribution is -0.0242. The molecule has 3 unspecified atom stereocenters. The molecule has 1 aliphatic heterocycles. The molecule has 0 saturated carbocycles. The van der Waals surface area contributed by atoms with E-state index in [9.17, 15) is 0 Å². The van der Waals surface area contributed by atoms with Crippen LogP contribution in [0.1, 0.15) is 49.6 Å². The van der Waals surface area contributed by atoms with Crippen LogP contribution in [0.3, 0.4) is 0 Å². The molecule has 0 bridgehead atoms. The molecule has 1 heterocycles. The smallest absolute Gasteiger partial charge is 0.0631 e. The number of rotatable bonds is 2. The first-order valence-electron chi connectivity index (χ1n) is 6.95. The van der Waals surface area contributed by atoms with Crippen LogP contribution < -0.4 is 0 Å². The van der Waals surface area contributed by atoms with Crippen molar-refractivity contribution in [1.82, 2.24) is 0 Å². The van der Waals surface area contributed by atoms with E-state index in [2.05, 4.69) is 38.1 Å². The number of fused-ring (bicyclic) bond motifs is 1. The molecule has 0 N–H and O–H groups in total. The molecule has 1 fully saturated rings. The second-order valence-corrected chi connectivity index (χ2v) is 6.81. The van der Waals surface area contributed by atoms with Crippen LogP contribution in [-0.2, 0) is 11.2 Å². The lowest BCUT2D eigenvalue weighted by Gasteiger charge is -2.22. The zero-order valence-corrected chi connectivity index (χ0v) is 11.9. The molecule has 1 nitrogen and oxygen atoms in total. The number of halogens is 1. The summed E-state index contributed by atoms with van der Waals surface area (Å²) in [5.41, 5.74) is 2.83. The molecule has 0 amide bonds. The van der Waals surface area contributed by atoms with Crippen molar-refractivity contribution in [3.05, 3.63) is 35.4 Å². The average molecular weight is 265 g/mol. The van der Waals surface area contributed by atoms with Gasteiger partial charge in [-0.25, -0.2) is 0 Å². The van der Waals surface area contributed by atoms with Gasteiger partial charge in [0, 0.05) is 0 Å². The van der Waals surface area contributed by atoms with Gasteiger partial charge in [-0.15, -0.1) is 11.6 Å². The minimum Gasteiger partial charge on any atom is -0.372 e. The molecule has 18 heavy (non-hydrogen) atoms. The van der Waals surface area contributed by atoms with Crippen LogP contribution in [0.2, 0.25) is 0 Å². The number of hydrogen-bond acceptors (Lipinski definition) is 1. The van der Waals surface area contributed by atoms with Gasteiger partial charge in [-0.2, -0.15) is 0 Å². The van der Waals surface area contributed by atoms with Gasteiger partial charge in [0.15, 0.2) is 0 Å². The lowest BCUT2D eigenvalue weighted by atomic mass is 9.96. The summed E-state index contributed by atoms with van der Waals surface area (Å²) < 4.78 is 6.10. The van der Waals surface area contributed by atoms with E-state index in [4.69, 9.17) is 16.3 Å². The second kappa shape index (κ2) is 4.54. The van der Waals surface area contributed by atoms with Gasteiger partial charge < -0.3 is 4.74 Å². The van der Waals surface area contributed by atoms with Crippen LogP contribution in [0.15, 0.2) is 24.3 Å². The van der Waals surface area contributed by atoms with Gasteiger partial charge in [0.05, 0.1) is 17.1 Å².